The van der Waals surface area contributed by atoms with Gasteiger partial charge < -0.3 is 19.6 Å². The lowest BCUT2D eigenvalue weighted by atomic mass is 9.79. The zero-order valence-corrected chi connectivity index (χ0v) is 42.4. The summed E-state index contributed by atoms with van der Waals surface area (Å²) in [5, 5.41) is 10.0. The van der Waals surface area contributed by atoms with Gasteiger partial charge in [0.25, 0.3) is 0 Å². The van der Waals surface area contributed by atoms with E-state index in [2.05, 4.69) is 295 Å². The van der Waals surface area contributed by atoms with Crippen LogP contribution in [0.25, 0.3) is 70.9 Å². The summed E-state index contributed by atoms with van der Waals surface area (Å²) in [4.78, 5) is 9.58. The van der Waals surface area contributed by atoms with Gasteiger partial charge in [0.15, 0.2) is 0 Å². The molecule has 1 unspecified atom stereocenters. The number of benzene rings is 12. The minimum Gasteiger partial charge on any atom is -0.341 e. The number of nitrogens with zero attached hydrogens (tertiary/aromatic N) is 4. The molecule has 1 atom stereocenters. The van der Waals surface area contributed by atoms with Crippen molar-refractivity contribution < 1.29 is 0 Å². The molecule has 0 aromatic heterocycles. The number of allylic oxidation sites excluding steroid dienone is 4. The Morgan fingerprint density at radius 2 is 0.776 bits per heavy atom. The molecule has 15 rings (SSSR count). The van der Waals surface area contributed by atoms with E-state index in [1.165, 1.54) is 105 Å². The van der Waals surface area contributed by atoms with Crippen LogP contribution >= 0.6 is 0 Å². The zero-order chi connectivity index (χ0) is 50.4. The van der Waals surface area contributed by atoms with Gasteiger partial charge in [-0.15, -0.1) is 0 Å². The van der Waals surface area contributed by atoms with Gasteiger partial charge in [-0.05, 0) is 161 Å². The van der Waals surface area contributed by atoms with Crippen molar-refractivity contribution in [2.45, 2.75) is 12.3 Å². The summed E-state index contributed by atoms with van der Waals surface area (Å²) in [7, 11) is 4.36. The van der Waals surface area contributed by atoms with Crippen molar-refractivity contribution in [1.29, 1.82) is 0 Å². The number of anilines is 10. The fourth-order valence-corrected chi connectivity index (χ4v) is 12.9. The van der Waals surface area contributed by atoms with Crippen molar-refractivity contribution in [3.8, 4) is 22.3 Å². The second kappa shape index (κ2) is 17.5. The van der Waals surface area contributed by atoms with E-state index in [1.807, 2.05) is 0 Å². The van der Waals surface area contributed by atoms with Gasteiger partial charge in [0.05, 0.1) is 45.5 Å². The van der Waals surface area contributed by atoms with Crippen LogP contribution in [0.3, 0.4) is 0 Å². The summed E-state index contributed by atoms with van der Waals surface area (Å²) in [5.74, 6) is 0.102. The van der Waals surface area contributed by atoms with Gasteiger partial charge in [-0.25, -0.2) is 0 Å². The first-order valence-corrected chi connectivity index (χ1v) is 26.5. The van der Waals surface area contributed by atoms with E-state index in [0.29, 0.717) is 0 Å². The van der Waals surface area contributed by atoms with E-state index in [4.69, 9.17) is 0 Å². The highest BCUT2D eigenvalue weighted by atomic mass is 15.3. The number of hydrogen-bond donors (Lipinski definition) is 0. The highest BCUT2D eigenvalue weighted by Crippen LogP contribution is 2.55. The molecule has 0 saturated heterocycles. The van der Waals surface area contributed by atoms with E-state index in [1.54, 1.807) is 0 Å². The predicted molar refractivity (Wildman–Crippen MR) is 324 cm³/mol. The van der Waals surface area contributed by atoms with Crippen molar-refractivity contribution >= 4 is 106 Å². The van der Waals surface area contributed by atoms with Crippen LogP contribution in [0.5, 0.6) is 0 Å². The van der Waals surface area contributed by atoms with Crippen molar-refractivity contribution in [3.05, 3.63) is 272 Å². The molecule has 0 amide bonds. The smallest absolute Gasteiger partial charge is 0.0699 e. The Bertz CT molecular complexity index is 4290. The van der Waals surface area contributed by atoms with Crippen LogP contribution in [0.15, 0.2) is 261 Å². The fourth-order valence-electron chi connectivity index (χ4n) is 12.9. The molecule has 12 aromatic rings. The van der Waals surface area contributed by atoms with Crippen LogP contribution < -0.4 is 19.6 Å². The van der Waals surface area contributed by atoms with E-state index in [0.717, 1.165) is 40.5 Å². The highest BCUT2D eigenvalue weighted by Gasteiger charge is 2.31. The monoisotopic (exact) mass is 972 g/mol. The number of hydrogen-bond acceptors (Lipinski definition) is 4. The highest BCUT2D eigenvalue weighted by molar-refractivity contribution is 6.18. The van der Waals surface area contributed by atoms with Crippen LogP contribution in [-0.4, -0.2) is 14.1 Å². The molecular formula is C72H52N4. The van der Waals surface area contributed by atoms with Crippen molar-refractivity contribution in [2.24, 2.45) is 0 Å². The lowest BCUT2D eigenvalue weighted by Crippen LogP contribution is -2.24. The lowest BCUT2D eigenvalue weighted by Gasteiger charge is -2.39. The maximum absolute atomic E-state index is 2.50. The van der Waals surface area contributed by atoms with Crippen LogP contribution in [0.4, 0.5) is 56.9 Å². The number of fused-ring (bicyclic) bond motifs is 8. The quantitative estimate of drug-likeness (QED) is 0.154. The fraction of sp³-hybridized carbons (Fsp3) is 0.0556. The van der Waals surface area contributed by atoms with Gasteiger partial charge >= 0.3 is 0 Å². The zero-order valence-electron chi connectivity index (χ0n) is 42.4. The van der Waals surface area contributed by atoms with Crippen molar-refractivity contribution in [2.75, 3.05) is 33.7 Å². The summed E-state index contributed by atoms with van der Waals surface area (Å²) in [6.45, 7) is 0. The first kappa shape index (κ1) is 43.9. The molecule has 360 valence electrons. The van der Waals surface area contributed by atoms with Gasteiger partial charge in [-0.3, -0.25) is 0 Å². The number of rotatable bonds is 6. The van der Waals surface area contributed by atoms with E-state index in [-0.39, 0.29) is 5.92 Å². The molecule has 0 spiro atoms. The molecule has 0 saturated carbocycles. The molecule has 3 aliphatic rings. The van der Waals surface area contributed by atoms with E-state index in [9.17, 15) is 0 Å². The maximum Gasteiger partial charge on any atom is 0.0699 e. The van der Waals surface area contributed by atoms with Crippen LogP contribution in [0.1, 0.15) is 23.5 Å². The average Bonchev–Trinajstić information content (AvgIpc) is 3.50. The molecule has 2 aliphatic heterocycles. The Labute approximate surface area is 443 Å². The third-order valence-corrected chi connectivity index (χ3v) is 16.4. The first-order valence-electron chi connectivity index (χ1n) is 26.5. The molecule has 4 nitrogen and oxygen atoms in total. The molecule has 0 radical (unpaired) electrons. The van der Waals surface area contributed by atoms with Gasteiger partial charge in [0.2, 0.25) is 0 Å². The van der Waals surface area contributed by atoms with Crippen LogP contribution in [0, 0.1) is 0 Å². The minimum absolute atomic E-state index is 0.102. The van der Waals surface area contributed by atoms with Gasteiger partial charge in [0, 0.05) is 31.4 Å². The molecule has 0 bridgehead atoms. The average molecular weight is 973 g/mol. The topological polar surface area (TPSA) is 13.0 Å². The van der Waals surface area contributed by atoms with Crippen molar-refractivity contribution in [3.63, 3.8) is 0 Å². The minimum atomic E-state index is 0.102. The molecule has 0 fully saturated rings. The summed E-state index contributed by atoms with van der Waals surface area (Å²) in [6.07, 6.45) is 8.21. The predicted octanol–water partition coefficient (Wildman–Crippen LogP) is 19.9. The second-order valence-corrected chi connectivity index (χ2v) is 20.5. The Kier molecular flexibility index (Phi) is 10.1. The number of para-hydroxylation sites is 8. The second-order valence-electron chi connectivity index (χ2n) is 20.5. The van der Waals surface area contributed by atoms with E-state index < -0.39 is 0 Å². The van der Waals surface area contributed by atoms with Crippen LogP contribution in [0.2, 0.25) is 0 Å². The molecule has 76 heavy (non-hydrogen) atoms. The molecule has 12 aromatic carbocycles. The summed E-state index contributed by atoms with van der Waals surface area (Å²) >= 11 is 0. The van der Waals surface area contributed by atoms with Gasteiger partial charge in [-0.1, -0.05) is 188 Å². The Morgan fingerprint density at radius 1 is 0.342 bits per heavy atom. The summed E-state index contributed by atoms with van der Waals surface area (Å²) in [5.41, 5.74) is 20.3. The summed E-state index contributed by atoms with van der Waals surface area (Å²) < 4.78 is 0. The van der Waals surface area contributed by atoms with Crippen LogP contribution in [-0.2, 0) is 0 Å². The molecule has 4 heteroatoms. The molecular weight excluding hydrogens is 921 g/mol. The Morgan fingerprint density at radius 3 is 1.30 bits per heavy atom. The van der Waals surface area contributed by atoms with E-state index >= 15 is 0 Å². The standard InChI is InChI=1S/C72H52N4/c1-73-63-25-7-11-29-67(63)75(68-30-12-8-26-64(68)73)53-41-43-59-61(45-53)71(51-37-33-49(34-38-51)57-23-15-19-47-17-3-5-21-55(47)57)60-44-42-54(76-69-31-13-9-27-65(69)74(2)66-28-10-14-32-70(66)76)46-62(60)72(59)52-39-35-50(36-40-52)58-24-16-20-48-18-4-6-22-56(48)58/h3-39,41-46,52H,40H2,1-2H3. The van der Waals surface area contributed by atoms with Crippen molar-refractivity contribution in [1.82, 2.24) is 0 Å². The Hall–Kier alpha value is -9.64. The molecule has 1 aliphatic carbocycles. The van der Waals surface area contributed by atoms with Gasteiger partial charge in [-0.2, -0.15) is 0 Å². The third kappa shape index (κ3) is 6.84. The largest absolute Gasteiger partial charge is 0.341 e. The maximum atomic E-state index is 2.50. The lowest BCUT2D eigenvalue weighted by molar-refractivity contribution is 0.873. The normalized spacial score (nSPS) is 14.7. The first-order chi connectivity index (χ1) is 37.6. The SMILES string of the molecule is CN1c2ccccc2N(c2ccc3c(C4C=CC(c5cccc6ccccc56)=CC4)c4cc(N5c6ccccc6N(C)c6ccccc65)ccc4c(-c4ccc(-c5cccc6ccccc56)cc4)c3c2)c2ccccc21. The molecule has 0 N–H and O–H groups in total. The third-order valence-electron chi connectivity index (χ3n) is 16.4. The van der Waals surface area contributed by atoms with Gasteiger partial charge in [0.1, 0.15) is 0 Å². The summed E-state index contributed by atoms with van der Waals surface area (Å²) in [6, 6.07) is 89.9. The molecule has 2 heterocycles. The Balaban J connectivity index is 0.994.